The van der Waals surface area contributed by atoms with Crippen molar-refractivity contribution in [3.63, 3.8) is 0 Å². The third kappa shape index (κ3) is 3.81. The fourth-order valence-electron chi connectivity index (χ4n) is 2.29. The lowest BCUT2D eigenvalue weighted by atomic mass is 9.77. The normalized spacial score (nSPS) is 11.8. The molecule has 0 aliphatic rings. The molecular formula is C15H23BrO2. The van der Waals surface area contributed by atoms with Crippen LogP contribution < -0.4 is 0 Å². The molecule has 0 fully saturated rings. The van der Waals surface area contributed by atoms with Crippen LogP contribution in [0.15, 0.2) is 28.7 Å². The lowest BCUT2D eigenvalue weighted by Crippen LogP contribution is -2.35. The number of benzene rings is 1. The van der Waals surface area contributed by atoms with Gasteiger partial charge < -0.3 is 10.2 Å². The Labute approximate surface area is 118 Å². The first-order chi connectivity index (χ1) is 8.70. The summed E-state index contributed by atoms with van der Waals surface area (Å²) in [6.45, 7) is 2.15. The van der Waals surface area contributed by atoms with E-state index in [2.05, 4.69) is 22.9 Å². The van der Waals surface area contributed by atoms with Crippen LogP contribution in [0.1, 0.15) is 44.6 Å². The first-order valence-corrected chi connectivity index (χ1v) is 7.46. The van der Waals surface area contributed by atoms with E-state index in [0.29, 0.717) is 0 Å². The molecule has 0 atom stereocenters. The average Bonchev–Trinajstić information content (AvgIpc) is 2.41. The van der Waals surface area contributed by atoms with Crippen LogP contribution in [-0.2, 0) is 5.41 Å². The molecule has 0 aliphatic carbocycles. The number of unbranched alkanes of at least 4 members (excludes halogenated alkanes) is 3. The second-order valence-corrected chi connectivity index (χ2v) is 5.74. The Balaban J connectivity index is 2.83. The van der Waals surface area contributed by atoms with Crippen LogP contribution >= 0.6 is 15.9 Å². The van der Waals surface area contributed by atoms with Crippen LogP contribution in [0.3, 0.4) is 0 Å². The van der Waals surface area contributed by atoms with Crippen molar-refractivity contribution in [3.8, 4) is 0 Å². The first kappa shape index (κ1) is 15.7. The Morgan fingerprint density at radius 3 is 2.28 bits per heavy atom. The molecule has 1 aromatic carbocycles. The zero-order valence-electron chi connectivity index (χ0n) is 11.0. The lowest BCUT2D eigenvalue weighted by molar-refractivity contribution is 0.106. The monoisotopic (exact) mass is 314 g/mol. The van der Waals surface area contributed by atoms with Gasteiger partial charge in [0.1, 0.15) is 0 Å². The van der Waals surface area contributed by atoms with E-state index in [1.165, 1.54) is 12.8 Å². The quantitative estimate of drug-likeness (QED) is 0.719. The van der Waals surface area contributed by atoms with Gasteiger partial charge in [-0.05, 0) is 18.1 Å². The summed E-state index contributed by atoms with van der Waals surface area (Å²) in [5, 5.41) is 19.5. The fraction of sp³-hybridized carbons (Fsp3) is 0.600. The second-order valence-electron chi connectivity index (χ2n) is 4.89. The third-order valence-corrected chi connectivity index (χ3v) is 4.25. The van der Waals surface area contributed by atoms with E-state index in [1.54, 1.807) is 0 Å². The van der Waals surface area contributed by atoms with Crippen molar-refractivity contribution in [2.24, 2.45) is 0 Å². The summed E-state index contributed by atoms with van der Waals surface area (Å²) in [6.07, 6.45) is 5.42. The largest absolute Gasteiger partial charge is 0.395 e. The van der Waals surface area contributed by atoms with Gasteiger partial charge in [0.15, 0.2) is 0 Å². The predicted molar refractivity (Wildman–Crippen MR) is 78.8 cm³/mol. The van der Waals surface area contributed by atoms with Crippen LogP contribution in [0.5, 0.6) is 0 Å². The van der Waals surface area contributed by atoms with Gasteiger partial charge in [0.2, 0.25) is 0 Å². The minimum Gasteiger partial charge on any atom is -0.395 e. The molecule has 0 aromatic heterocycles. The number of hydrogen-bond acceptors (Lipinski definition) is 2. The number of hydrogen-bond donors (Lipinski definition) is 2. The maximum atomic E-state index is 9.73. The summed E-state index contributed by atoms with van der Waals surface area (Å²) in [4.78, 5) is 0. The van der Waals surface area contributed by atoms with E-state index < -0.39 is 5.41 Å². The fourth-order valence-corrected chi connectivity index (χ4v) is 3.00. The maximum Gasteiger partial charge on any atom is 0.0550 e. The van der Waals surface area contributed by atoms with Crippen LogP contribution in [0.4, 0.5) is 0 Å². The Morgan fingerprint density at radius 1 is 1.06 bits per heavy atom. The van der Waals surface area contributed by atoms with E-state index in [9.17, 15) is 10.2 Å². The van der Waals surface area contributed by atoms with E-state index in [4.69, 9.17) is 0 Å². The molecule has 1 aromatic rings. The lowest BCUT2D eigenvalue weighted by Gasteiger charge is -2.31. The highest BCUT2D eigenvalue weighted by Gasteiger charge is 2.31. The minimum absolute atomic E-state index is 0.0156. The smallest absolute Gasteiger partial charge is 0.0550 e. The highest BCUT2D eigenvalue weighted by Crippen LogP contribution is 2.34. The van der Waals surface area contributed by atoms with Crippen LogP contribution in [-0.4, -0.2) is 23.4 Å². The Kier molecular flexibility index (Phi) is 6.90. The Morgan fingerprint density at radius 2 is 1.72 bits per heavy atom. The number of halogens is 1. The van der Waals surface area contributed by atoms with Gasteiger partial charge >= 0.3 is 0 Å². The standard InChI is InChI=1S/C15H23BrO2/c1-2-3-4-7-10-15(11-17,12-18)13-8-5-6-9-14(13)16/h5-6,8-9,17-18H,2-4,7,10-12H2,1H3. The third-order valence-electron chi connectivity index (χ3n) is 3.56. The average molecular weight is 315 g/mol. The van der Waals surface area contributed by atoms with Crippen LogP contribution in [0.2, 0.25) is 0 Å². The first-order valence-electron chi connectivity index (χ1n) is 6.67. The van der Waals surface area contributed by atoms with Gasteiger partial charge in [0.25, 0.3) is 0 Å². The predicted octanol–water partition coefficient (Wildman–Crippen LogP) is 3.64. The molecule has 2 N–H and O–H groups in total. The summed E-state index contributed by atoms with van der Waals surface area (Å²) in [5.41, 5.74) is 0.486. The van der Waals surface area contributed by atoms with E-state index in [0.717, 1.165) is 29.3 Å². The molecule has 0 saturated heterocycles. The van der Waals surface area contributed by atoms with E-state index in [-0.39, 0.29) is 13.2 Å². The molecule has 0 heterocycles. The van der Waals surface area contributed by atoms with Gasteiger partial charge in [0.05, 0.1) is 13.2 Å². The van der Waals surface area contributed by atoms with Crippen molar-refractivity contribution in [3.05, 3.63) is 34.3 Å². The molecule has 0 saturated carbocycles. The number of aliphatic hydroxyl groups is 2. The molecule has 2 nitrogen and oxygen atoms in total. The van der Waals surface area contributed by atoms with Gasteiger partial charge in [-0.3, -0.25) is 0 Å². The molecule has 1 rings (SSSR count). The molecule has 18 heavy (non-hydrogen) atoms. The van der Waals surface area contributed by atoms with Gasteiger partial charge in [-0.2, -0.15) is 0 Å². The molecule has 0 spiro atoms. The van der Waals surface area contributed by atoms with Crippen molar-refractivity contribution in [2.75, 3.05) is 13.2 Å². The molecule has 0 bridgehead atoms. The summed E-state index contributed by atoms with van der Waals surface area (Å²) >= 11 is 3.51. The van der Waals surface area contributed by atoms with E-state index >= 15 is 0 Å². The number of aliphatic hydroxyl groups excluding tert-OH is 2. The highest BCUT2D eigenvalue weighted by molar-refractivity contribution is 9.10. The van der Waals surface area contributed by atoms with Crippen molar-refractivity contribution >= 4 is 15.9 Å². The molecule has 0 radical (unpaired) electrons. The van der Waals surface area contributed by atoms with Crippen LogP contribution in [0.25, 0.3) is 0 Å². The van der Waals surface area contributed by atoms with Gasteiger partial charge in [-0.15, -0.1) is 0 Å². The molecule has 0 amide bonds. The second kappa shape index (κ2) is 7.93. The van der Waals surface area contributed by atoms with Crippen molar-refractivity contribution in [1.29, 1.82) is 0 Å². The zero-order valence-corrected chi connectivity index (χ0v) is 12.6. The maximum absolute atomic E-state index is 9.73. The summed E-state index contributed by atoms with van der Waals surface area (Å²) in [6, 6.07) is 7.84. The zero-order chi connectivity index (χ0) is 13.4. The molecule has 0 unspecified atom stereocenters. The van der Waals surface area contributed by atoms with Crippen molar-refractivity contribution < 1.29 is 10.2 Å². The van der Waals surface area contributed by atoms with Crippen molar-refractivity contribution in [1.82, 2.24) is 0 Å². The SMILES string of the molecule is CCCCCCC(CO)(CO)c1ccccc1Br. The highest BCUT2D eigenvalue weighted by atomic mass is 79.9. The summed E-state index contributed by atoms with van der Waals surface area (Å²) in [5.74, 6) is 0. The minimum atomic E-state index is -0.520. The molecular weight excluding hydrogens is 292 g/mol. The molecule has 102 valence electrons. The van der Waals surface area contributed by atoms with Crippen LogP contribution in [0, 0.1) is 0 Å². The van der Waals surface area contributed by atoms with Gasteiger partial charge in [-0.25, -0.2) is 0 Å². The topological polar surface area (TPSA) is 40.5 Å². The number of rotatable bonds is 8. The van der Waals surface area contributed by atoms with Gasteiger partial charge in [0, 0.05) is 9.89 Å². The van der Waals surface area contributed by atoms with Crippen molar-refractivity contribution in [2.45, 2.75) is 44.4 Å². The molecule has 0 aliphatic heterocycles. The Bertz CT molecular complexity index is 348. The summed E-state index contributed by atoms with van der Waals surface area (Å²) in [7, 11) is 0. The molecule has 3 heteroatoms. The van der Waals surface area contributed by atoms with E-state index in [1.807, 2.05) is 24.3 Å². The van der Waals surface area contributed by atoms with Gasteiger partial charge in [-0.1, -0.05) is 66.7 Å². The summed E-state index contributed by atoms with van der Waals surface area (Å²) < 4.78 is 0.962. The Hall–Kier alpha value is -0.380.